The van der Waals surface area contributed by atoms with Gasteiger partial charge in [-0.2, -0.15) is 18.3 Å². The molecule has 0 bridgehead atoms. The zero-order valence-electron chi connectivity index (χ0n) is 22.6. The fourth-order valence-corrected chi connectivity index (χ4v) is 4.45. The van der Waals surface area contributed by atoms with E-state index in [0.29, 0.717) is 29.7 Å². The van der Waals surface area contributed by atoms with Crippen LogP contribution >= 0.6 is 0 Å². The van der Waals surface area contributed by atoms with E-state index in [-0.39, 0.29) is 29.9 Å². The second kappa shape index (κ2) is 12.2. The Morgan fingerprint density at radius 3 is 2.51 bits per heavy atom. The predicted molar refractivity (Wildman–Crippen MR) is 147 cm³/mol. The number of aromatic nitrogens is 3. The van der Waals surface area contributed by atoms with E-state index in [1.807, 2.05) is 6.92 Å². The summed E-state index contributed by atoms with van der Waals surface area (Å²) in [5, 5.41) is 17.8. The summed E-state index contributed by atoms with van der Waals surface area (Å²) in [6.07, 6.45) is -1.48. The standard InChI is InChI=1S/C30H31F4N5O2/c1-3-19(2)12-13-29(41,26-9-4-5-14-36-26)21-10-11-23(31)24(16-21)37-28(40)25-17-27(30(32,33)34)38-39(25)22-8-6-7-20(15-22)18-35/h4-11,14-17,19,41H,3,12-13,18,35H2,1-2H3,(H,37,40). The molecular formula is C30H31F4N5O2. The molecule has 0 fully saturated rings. The molecule has 0 saturated carbocycles. The number of halogens is 4. The number of carbonyl (C=O) groups is 1. The van der Waals surface area contributed by atoms with Crippen molar-refractivity contribution >= 4 is 11.6 Å². The first-order valence-corrected chi connectivity index (χ1v) is 13.2. The normalized spacial score (nSPS) is 14.0. The van der Waals surface area contributed by atoms with E-state index in [1.54, 1.807) is 30.3 Å². The molecule has 11 heteroatoms. The minimum Gasteiger partial charge on any atom is -0.379 e. The zero-order chi connectivity index (χ0) is 29.8. The Hall–Kier alpha value is -4.09. The van der Waals surface area contributed by atoms with Crippen molar-refractivity contribution in [3.63, 3.8) is 0 Å². The van der Waals surface area contributed by atoms with Crippen LogP contribution in [0.25, 0.3) is 5.69 Å². The molecule has 2 atom stereocenters. The highest BCUT2D eigenvalue weighted by Gasteiger charge is 2.37. The molecular weight excluding hydrogens is 538 g/mol. The number of carbonyl (C=O) groups excluding carboxylic acids is 1. The molecule has 2 aromatic carbocycles. The first kappa shape index (κ1) is 29.9. The Balaban J connectivity index is 1.74. The van der Waals surface area contributed by atoms with Gasteiger partial charge in [0.25, 0.3) is 5.91 Å². The smallest absolute Gasteiger partial charge is 0.379 e. The minimum atomic E-state index is -4.83. The van der Waals surface area contributed by atoms with Gasteiger partial charge in [0.15, 0.2) is 5.69 Å². The van der Waals surface area contributed by atoms with E-state index in [4.69, 9.17) is 5.73 Å². The summed E-state index contributed by atoms with van der Waals surface area (Å²) < 4.78 is 56.6. The van der Waals surface area contributed by atoms with Crippen LogP contribution in [0, 0.1) is 11.7 Å². The van der Waals surface area contributed by atoms with Crippen molar-refractivity contribution in [2.24, 2.45) is 11.7 Å². The van der Waals surface area contributed by atoms with Gasteiger partial charge in [0.2, 0.25) is 0 Å². The molecule has 41 heavy (non-hydrogen) atoms. The fourth-order valence-electron chi connectivity index (χ4n) is 4.45. The maximum atomic E-state index is 15.0. The van der Waals surface area contributed by atoms with Gasteiger partial charge < -0.3 is 16.2 Å². The molecule has 2 unspecified atom stereocenters. The van der Waals surface area contributed by atoms with E-state index >= 15 is 0 Å². The second-order valence-corrected chi connectivity index (χ2v) is 9.97. The van der Waals surface area contributed by atoms with Crippen LogP contribution in [0.5, 0.6) is 0 Å². The minimum absolute atomic E-state index is 0.122. The van der Waals surface area contributed by atoms with Crippen LogP contribution < -0.4 is 11.1 Å². The van der Waals surface area contributed by atoms with E-state index < -0.39 is 34.9 Å². The van der Waals surface area contributed by atoms with Crippen LogP contribution in [0.2, 0.25) is 0 Å². The first-order valence-electron chi connectivity index (χ1n) is 13.2. The lowest BCUT2D eigenvalue weighted by atomic mass is 9.83. The van der Waals surface area contributed by atoms with Gasteiger partial charge in [-0.3, -0.25) is 9.78 Å². The topological polar surface area (TPSA) is 106 Å². The number of hydrogen-bond donors (Lipinski definition) is 3. The largest absolute Gasteiger partial charge is 0.435 e. The summed E-state index contributed by atoms with van der Waals surface area (Å²) in [7, 11) is 0. The summed E-state index contributed by atoms with van der Waals surface area (Å²) in [6.45, 7) is 4.21. The number of nitrogens with one attached hydrogen (secondary N) is 1. The van der Waals surface area contributed by atoms with Crippen molar-refractivity contribution in [3.05, 3.63) is 107 Å². The number of alkyl halides is 3. The van der Waals surface area contributed by atoms with Gasteiger partial charge in [-0.1, -0.05) is 44.5 Å². The molecule has 0 aliphatic rings. The summed E-state index contributed by atoms with van der Waals surface area (Å²) in [6, 6.07) is 15.7. The predicted octanol–water partition coefficient (Wildman–Crippen LogP) is 6.20. The lowest BCUT2D eigenvalue weighted by Crippen LogP contribution is -2.29. The van der Waals surface area contributed by atoms with Crippen molar-refractivity contribution in [3.8, 4) is 5.69 Å². The number of aliphatic hydroxyl groups is 1. The SMILES string of the molecule is CCC(C)CCC(O)(c1ccc(F)c(NC(=O)c2cc(C(F)(F)F)nn2-c2cccc(CN)c2)c1)c1ccccn1. The summed E-state index contributed by atoms with van der Waals surface area (Å²) >= 11 is 0. The molecule has 7 nitrogen and oxygen atoms in total. The average molecular weight is 570 g/mol. The first-order chi connectivity index (χ1) is 19.5. The third-order valence-electron chi connectivity index (χ3n) is 7.10. The number of pyridine rings is 1. The van der Waals surface area contributed by atoms with Crippen LogP contribution in [0.1, 0.15) is 66.1 Å². The molecule has 4 N–H and O–H groups in total. The van der Waals surface area contributed by atoms with Gasteiger partial charge in [-0.05, 0) is 66.3 Å². The molecule has 216 valence electrons. The fraction of sp³-hybridized carbons (Fsp3) is 0.300. The van der Waals surface area contributed by atoms with Crippen molar-refractivity contribution in [1.29, 1.82) is 0 Å². The van der Waals surface area contributed by atoms with Crippen LogP contribution in [0.15, 0.2) is 72.9 Å². The summed E-state index contributed by atoms with van der Waals surface area (Å²) in [5.41, 5.74) is 3.41. The maximum absolute atomic E-state index is 15.0. The lowest BCUT2D eigenvalue weighted by Gasteiger charge is -2.30. The average Bonchev–Trinajstić information content (AvgIpc) is 3.44. The van der Waals surface area contributed by atoms with Crippen LogP contribution in [0.4, 0.5) is 23.2 Å². The number of hydrogen-bond acceptors (Lipinski definition) is 5. The summed E-state index contributed by atoms with van der Waals surface area (Å²) in [4.78, 5) is 17.7. The number of nitrogens with zero attached hydrogens (tertiary/aromatic N) is 3. The highest BCUT2D eigenvalue weighted by molar-refractivity contribution is 6.03. The Bertz CT molecular complexity index is 1510. The third-order valence-corrected chi connectivity index (χ3v) is 7.10. The van der Waals surface area contributed by atoms with Gasteiger partial charge in [0, 0.05) is 18.8 Å². The molecule has 2 heterocycles. The Labute approximate surface area is 235 Å². The molecule has 2 aromatic heterocycles. The Kier molecular flexibility index (Phi) is 8.89. The van der Waals surface area contributed by atoms with Crippen LogP contribution in [0.3, 0.4) is 0 Å². The Morgan fingerprint density at radius 2 is 1.85 bits per heavy atom. The quantitative estimate of drug-likeness (QED) is 0.197. The van der Waals surface area contributed by atoms with Crippen molar-refractivity contribution < 1.29 is 27.5 Å². The monoisotopic (exact) mass is 569 g/mol. The van der Waals surface area contributed by atoms with Gasteiger partial charge in [0.05, 0.1) is 17.1 Å². The van der Waals surface area contributed by atoms with Crippen molar-refractivity contribution in [2.45, 2.75) is 51.4 Å². The maximum Gasteiger partial charge on any atom is 0.435 e. The highest BCUT2D eigenvalue weighted by Crippen LogP contribution is 2.37. The molecule has 1 amide bonds. The van der Waals surface area contributed by atoms with E-state index in [0.717, 1.165) is 17.2 Å². The molecule has 4 aromatic rings. The molecule has 0 saturated heterocycles. The number of anilines is 1. The van der Waals surface area contributed by atoms with Crippen LogP contribution in [-0.4, -0.2) is 25.8 Å². The van der Waals surface area contributed by atoms with Gasteiger partial charge in [0.1, 0.15) is 17.1 Å². The van der Waals surface area contributed by atoms with Crippen molar-refractivity contribution in [2.75, 3.05) is 5.32 Å². The van der Waals surface area contributed by atoms with E-state index in [9.17, 15) is 27.5 Å². The van der Waals surface area contributed by atoms with E-state index in [2.05, 4.69) is 22.3 Å². The summed E-state index contributed by atoms with van der Waals surface area (Å²) in [5.74, 6) is -1.56. The number of rotatable bonds is 10. The third kappa shape index (κ3) is 6.63. The molecule has 0 aliphatic heterocycles. The zero-order valence-corrected chi connectivity index (χ0v) is 22.6. The highest BCUT2D eigenvalue weighted by atomic mass is 19.4. The molecule has 0 radical (unpaired) electrons. The van der Waals surface area contributed by atoms with Gasteiger partial charge >= 0.3 is 6.18 Å². The molecule has 4 rings (SSSR count). The lowest BCUT2D eigenvalue weighted by molar-refractivity contribution is -0.141. The van der Waals surface area contributed by atoms with Gasteiger partial charge in [-0.25, -0.2) is 9.07 Å². The second-order valence-electron chi connectivity index (χ2n) is 9.97. The number of amides is 1. The van der Waals surface area contributed by atoms with Gasteiger partial charge in [-0.15, -0.1) is 0 Å². The van der Waals surface area contributed by atoms with Crippen LogP contribution in [-0.2, 0) is 18.3 Å². The molecule has 0 aliphatic carbocycles. The Morgan fingerprint density at radius 1 is 1.07 bits per heavy atom. The van der Waals surface area contributed by atoms with Crippen molar-refractivity contribution in [1.82, 2.24) is 14.8 Å². The van der Waals surface area contributed by atoms with E-state index in [1.165, 1.54) is 30.5 Å². The number of nitrogens with two attached hydrogens (primary N) is 1. The number of benzene rings is 2. The molecule has 0 spiro atoms.